The van der Waals surface area contributed by atoms with E-state index in [1.54, 1.807) is 22.4 Å². The van der Waals surface area contributed by atoms with Gasteiger partial charge in [-0.3, -0.25) is 19.3 Å². The van der Waals surface area contributed by atoms with E-state index in [-0.39, 0.29) is 42.7 Å². The molecule has 2 saturated heterocycles. The molecule has 0 radical (unpaired) electrons. The number of carboxylic acids is 1. The molecule has 38 heavy (non-hydrogen) atoms. The van der Waals surface area contributed by atoms with Gasteiger partial charge in [0, 0.05) is 37.4 Å². The summed E-state index contributed by atoms with van der Waals surface area (Å²) in [6.45, 7) is 1.02. The number of carbonyl (C=O) groups excluding carboxylic acids is 2. The molecule has 0 saturated carbocycles. The molecule has 2 aliphatic heterocycles. The molecule has 1 N–H and O–H groups in total. The summed E-state index contributed by atoms with van der Waals surface area (Å²) in [5, 5.41) is 10.6. The molecule has 6 nitrogen and oxygen atoms in total. The van der Waals surface area contributed by atoms with Gasteiger partial charge in [0.1, 0.15) is 10.1 Å². The number of hydrogen-bond donors (Lipinski definition) is 1. The quantitative estimate of drug-likeness (QED) is 0.248. The molecule has 0 aliphatic carbocycles. The number of alkyl halides is 3. The number of carboxylic acid groups (broad SMARTS) is 1. The minimum Gasteiger partial charge on any atom is -0.481 e. The Morgan fingerprint density at radius 3 is 2.68 bits per heavy atom. The van der Waals surface area contributed by atoms with Crippen LogP contribution in [-0.4, -0.2) is 56.6 Å². The molecule has 4 rings (SSSR count). The highest BCUT2D eigenvalue weighted by Crippen LogP contribution is 2.37. The zero-order chi connectivity index (χ0) is 27.6. The van der Waals surface area contributed by atoms with Crippen LogP contribution in [0.5, 0.6) is 0 Å². The van der Waals surface area contributed by atoms with Crippen molar-refractivity contribution in [3.05, 3.63) is 50.8 Å². The van der Waals surface area contributed by atoms with Gasteiger partial charge in [-0.15, -0.1) is 11.3 Å². The zero-order valence-electron chi connectivity index (χ0n) is 19.8. The summed E-state index contributed by atoms with van der Waals surface area (Å²) in [5.74, 6) is -2.87. The monoisotopic (exact) mass is 586 g/mol. The topological polar surface area (TPSA) is 77.9 Å². The first-order valence-corrected chi connectivity index (χ1v) is 13.7. The second-order valence-corrected chi connectivity index (χ2v) is 11.6. The van der Waals surface area contributed by atoms with Gasteiger partial charge in [0.05, 0.1) is 10.5 Å². The first-order valence-electron chi connectivity index (χ1n) is 11.6. The van der Waals surface area contributed by atoms with Crippen LogP contribution in [0.15, 0.2) is 34.6 Å². The third-order valence-corrected chi connectivity index (χ3v) is 8.51. The van der Waals surface area contributed by atoms with Crippen molar-refractivity contribution in [1.29, 1.82) is 0 Å². The van der Waals surface area contributed by atoms with Gasteiger partial charge in [0.25, 0.3) is 5.91 Å². The summed E-state index contributed by atoms with van der Waals surface area (Å²) < 4.78 is 53.1. The molecule has 1 aromatic heterocycles. The molecular weight excluding hydrogens is 564 g/mol. The predicted molar refractivity (Wildman–Crippen MR) is 141 cm³/mol. The number of halogens is 4. The SMILES string of the molecule is O=C(O)C[C@H]1CCCN(C(=O)CCN2C(=O)C(=Cc3cc(-c4ccc(F)c(C(F)(F)F)c4)cs3)SC2=S)C1. The van der Waals surface area contributed by atoms with Crippen molar-refractivity contribution in [1.82, 2.24) is 9.80 Å². The van der Waals surface area contributed by atoms with Gasteiger partial charge in [0.2, 0.25) is 5.91 Å². The van der Waals surface area contributed by atoms with Gasteiger partial charge in [0.15, 0.2) is 0 Å². The van der Waals surface area contributed by atoms with Crippen molar-refractivity contribution >= 4 is 63.5 Å². The van der Waals surface area contributed by atoms with Crippen molar-refractivity contribution < 1.29 is 37.1 Å². The average Bonchev–Trinajstić information content (AvgIpc) is 3.41. The molecule has 0 unspecified atom stereocenters. The molecule has 0 bridgehead atoms. The van der Waals surface area contributed by atoms with Crippen LogP contribution < -0.4 is 0 Å². The maximum Gasteiger partial charge on any atom is 0.419 e. The van der Waals surface area contributed by atoms with Crippen molar-refractivity contribution in [3.63, 3.8) is 0 Å². The van der Waals surface area contributed by atoms with Gasteiger partial charge < -0.3 is 10.0 Å². The molecule has 2 aromatic rings. The molecule has 1 aromatic carbocycles. The summed E-state index contributed by atoms with van der Waals surface area (Å²) in [6.07, 6.45) is -1.68. The van der Waals surface area contributed by atoms with Crippen molar-refractivity contribution in [2.75, 3.05) is 19.6 Å². The van der Waals surface area contributed by atoms with Crippen molar-refractivity contribution in [3.8, 4) is 11.1 Å². The number of nitrogens with zero attached hydrogens (tertiary/aromatic N) is 2. The van der Waals surface area contributed by atoms with E-state index in [9.17, 15) is 31.9 Å². The van der Waals surface area contributed by atoms with Gasteiger partial charge >= 0.3 is 12.1 Å². The smallest absolute Gasteiger partial charge is 0.419 e. The van der Waals surface area contributed by atoms with Crippen LogP contribution in [0.2, 0.25) is 0 Å². The Hall–Kier alpha value is -2.77. The lowest BCUT2D eigenvalue weighted by Gasteiger charge is -2.32. The highest BCUT2D eigenvalue weighted by atomic mass is 32.2. The minimum absolute atomic E-state index is 0.0123. The number of likely N-dealkylation sites (tertiary alicyclic amines) is 1. The Morgan fingerprint density at radius 2 is 1.97 bits per heavy atom. The van der Waals surface area contributed by atoms with E-state index < -0.39 is 23.5 Å². The summed E-state index contributed by atoms with van der Waals surface area (Å²) in [6, 6.07) is 4.40. The molecule has 2 fully saturated rings. The van der Waals surface area contributed by atoms with Crippen LogP contribution in [0.1, 0.15) is 36.1 Å². The van der Waals surface area contributed by atoms with Gasteiger partial charge in [-0.2, -0.15) is 13.2 Å². The second-order valence-electron chi connectivity index (χ2n) is 8.96. The lowest BCUT2D eigenvalue weighted by atomic mass is 9.94. The fourth-order valence-electron chi connectivity index (χ4n) is 4.39. The number of amides is 2. The van der Waals surface area contributed by atoms with Gasteiger partial charge in [-0.05, 0) is 59.5 Å². The summed E-state index contributed by atoms with van der Waals surface area (Å²) in [7, 11) is 0. The van der Waals surface area contributed by atoms with Crippen molar-refractivity contribution in [2.45, 2.75) is 31.9 Å². The highest BCUT2D eigenvalue weighted by molar-refractivity contribution is 8.26. The Balaban J connectivity index is 1.40. The Bertz CT molecular complexity index is 1310. The molecule has 0 spiro atoms. The summed E-state index contributed by atoms with van der Waals surface area (Å²) in [5.41, 5.74) is -0.695. The molecular formula is C25H22F4N2O4S3. The predicted octanol–water partition coefficient (Wildman–Crippen LogP) is 5.88. The van der Waals surface area contributed by atoms with Crippen molar-refractivity contribution in [2.24, 2.45) is 5.92 Å². The minimum atomic E-state index is -4.82. The third kappa shape index (κ3) is 6.62. The van der Waals surface area contributed by atoms with Gasteiger partial charge in [-0.1, -0.05) is 30.0 Å². The van der Waals surface area contributed by atoms with Crippen LogP contribution in [-0.2, 0) is 20.6 Å². The van der Waals surface area contributed by atoms with Crippen LogP contribution in [0.25, 0.3) is 17.2 Å². The van der Waals surface area contributed by atoms with E-state index >= 15 is 0 Å². The largest absolute Gasteiger partial charge is 0.481 e. The summed E-state index contributed by atoms with van der Waals surface area (Å²) >= 11 is 7.61. The molecule has 2 amide bonds. The highest BCUT2D eigenvalue weighted by Gasteiger charge is 2.35. The van der Waals surface area contributed by atoms with E-state index in [1.807, 2.05) is 0 Å². The number of aliphatic carboxylic acids is 1. The molecule has 13 heteroatoms. The molecule has 2 aliphatic rings. The maximum absolute atomic E-state index is 13.6. The van der Waals surface area contributed by atoms with E-state index in [2.05, 4.69) is 0 Å². The lowest BCUT2D eigenvalue weighted by molar-refractivity contribution is -0.141. The van der Waals surface area contributed by atoms with E-state index in [4.69, 9.17) is 17.3 Å². The first-order chi connectivity index (χ1) is 17.9. The Labute approximate surface area is 229 Å². The summed E-state index contributed by atoms with van der Waals surface area (Å²) in [4.78, 5) is 40.5. The number of thiophene rings is 1. The van der Waals surface area contributed by atoms with E-state index in [0.717, 1.165) is 36.7 Å². The zero-order valence-corrected chi connectivity index (χ0v) is 22.2. The fraction of sp³-hybridized carbons (Fsp3) is 0.360. The Morgan fingerprint density at radius 1 is 1.21 bits per heavy atom. The van der Waals surface area contributed by atoms with Crippen LogP contribution in [0, 0.1) is 11.7 Å². The maximum atomic E-state index is 13.6. The fourth-order valence-corrected chi connectivity index (χ4v) is 6.62. The number of rotatable bonds is 7. The standard InChI is InChI=1S/C25H22F4N2O4S3/c26-19-4-3-15(10-18(19)25(27,28)29)16-9-17(37-13-16)11-20-23(35)31(24(36)38-20)7-5-21(32)30-6-1-2-14(12-30)8-22(33)34/h3-4,9-11,13-14H,1-2,5-8,12H2,(H,33,34)/t14-/m1/s1. The van der Waals surface area contributed by atoms with Crippen LogP contribution in [0.3, 0.4) is 0 Å². The van der Waals surface area contributed by atoms with Gasteiger partial charge in [-0.25, -0.2) is 4.39 Å². The number of carbonyl (C=O) groups is 3. The third-order valence-electron chi connectivity index (χ3n) is 6.26. The van der Waals surface area contributed by atoms with Crippen LogP contribution in [0.4, 0.5) is 17.6 Å². The molecule has 1 atom stereocenters. The number of hydrogen-bond acceptors (Lipinski definition) is 6. The van der Waals surface area contributed by atoms with E-state index in [1.165, 1.54) is 22.3 Å². The second kappa shape index (κ2) is 11.5. The van der Waals surface area contributed by atoms with E-state index in [0.29, 0.717) is 32.8 Å². The normalized spacial score (nSPS) is 19.5. The number of thiocarbonyl (C=S) groups is 1. The molecule has 3 heterocycles. The lowest BCUT2D eigenvalue weighted by Crippen LogP contribution is -2.42. The number of benzene rings is 1. The molecule has 202 valence electrons. The number of piperidine rings is 1. The van der Waals surface area contributed by atoms with Crippen LogP contribution >= 0.6 is 35.3 Å². The first kappa shape index (κ1) is 28.2. The number of thioether (sulfide) groups is 1. The average molecular weight is 587 g/mol. The Kier molecular flexibility index (Phi) is 8.58.